The lowest BCUT2D eigenvalue weighted by molar-refractivity contribution is 0.111. The second-order valence-electron chi connectivity index (χ2n) is 3.68. The number of ether oxygens (including phenoxy) is 2. The van der Waals surface area contributed by atoms with Gasteiger partial charge < -0.3 is 15.2 Å². The molecule has 0 aliphatic carbocycles. The average Bonchev–Trinajstić information content (AvgIpc) is 2.36. The van der Waals surface area contributed by atoms with Gasteiger partial charge in [-0.3, -0.25) is 4.79 Å². The fourth-order valence-electron chi connectivity index (χ4n) is 1.80. The topological polar surface area (TPSA) is 61.6 Å². The van der Waals surface area contributed by atoms with E-state index in [0.29, 0.717) is 36.8 Å². The Morgan fingerprint density at radius 3 is 2.69 bits per heavy atom. The van der Waals surface area contributed by atoms with Crippen LogP contribution in [-0.4, -0.2) is 26.0 Å². The SMILES string of the molecule is NCCCc1ccc(C=O)c2c1OCCO2. The van der Waals surface area contributed by atoms with E-state index in [1.165, 1.54) is 0 Å². The molecule has 1 aliphatic heterocycles. The van der Waals surface area contributed by atoms with Gasteiger partial charge in [0.15, 0.2) is 17.8 Å². The molecular weight excluding hydrogens is 206 g/mol. The normalized spacial score (nSPS) is 13.6. The third kappa shape index (κ3) is 2.02. The first-order chi connectivity index (χ1) is 7.86. The zero-order valence-electron chi connectivity index (χ0n) is 9.07. The van der Waals surface area contributed by atoms with Gasteiger partial charge in [-0.15, -0.1) is 0 Å². The van der Waals surface area contributed by atoms with E-state index >= 15 is 0 Å². The Labute approximate surface area is 94.3 Å². The van der Waals surface area contributed by atoms with Crippen LogP contribution in [0.15, 0.2) is 12.1 Å². The highest BCUT2D eigenvalue weighted by Gasteiger charge is 2.19. The predicted molar refractivity (Wildman–Crippen MR) is 60.2 cm³/mol. The maximum absolute atomic E-state index is 10.8. The molecule has 0 bridgehead atoms. The van der Waals surface area contributed by atoms with Gasteiger partial charge in [0.25, 0.3) is 0 Å². The Morgan fingerprint density at radius 2 is 2.00 bits per heavy atom. The van der Waals surface area contributed by atoms with Crippen molar-refractivity contribution < 1.29 is 14.3 Å². The Bertz CT molecular complexity index is 390. The summed E-state index contributed by atoms with van der Waals surface area (Å²) in [6.07, 6.45) is 2.54. The molecule has 0 amide bonds. The number of hydrogen-bond donors (Lipinski definition) is 1. The van der Waals surface area contributed by atoms with E-state index in [4.69, 9.17) is 15.2 Å². The maximum Gasteiger partial charge on any atom is 0.172 e. The quantitative estimate of drug-likeness (QED) is 0.775. The largest absolute Gasteiger partial charge is 0.486 e. The number of fused-ring (bicyclic) bond motifs is 1. The van der Waals surface area contributed by atoms with E-state index in [2.05, 4.69) is 0 Å². The molecule has 2 rings (SSSR count). The van der Waals surface area contributed by atoms with Crippen LogP contribution in [0.3, 0.4) is 0 Å². The van der Waals surface area contributed by atoms with Crippen LogP contribution in [0.4, 0.5) is 0 Å². The third-order valence-electron chi connectivity index (χ3n) is 2.58. The highest BCUT2D eigenvalue weighted by Crippen LogP contribution is 2.37. The molecular formula is C12H15NO3. The molecule has 0 saturated carbocycles. The maximum atomic E-state index is 10.8. The molecule has 0 unspecified atom stereocenters. The number of carbonyl (C=O) groups is 1. The van der Waals surface area contributed by atoms with Crippen LogP contribution in [0.25, 0.3) is 0 Å². The summed E-state index contributed by atoms with van der Waals surface area (Å²) < 4.78 is 11.0. The van der Waals surface area contributed by atoms with Crippen LogP contribution in [0.1, 0.15) is 22.3 Å². The summed E-state index contributed by atoms with van der Waals surface area (Å²) in [5, 5.41) is 0. The van der Waals surface area contributed by atoms with Gasteiger partial charge in [-0.05, 0) is 31.0 Å². The lowest BCUT2D eigenvalue weighted by Crippen LogP contribution is -2.18. The van der Waals surface area contributed by atoms with Crippen molar-refractivity contribution in [2.24, 2.45) is 5.73 Å². The number of benzene rings is 1. The Morgan fingerprint density at radius 1 is 1.25 bits per heavy atom. The summed E-state index contributed by atoms with van der Waals surface area (Å²) in [5.74, 6) is 1.29. The van der Waals surface area contributed by atoms with Gasteiger partial charge in [0.2, 0.25) is 0 Å². The number of hydrogen-bond acceptors (Lipinski definition) is 4. The highest BCUT2D eigenvalue weighted by molar-refractivity contribution is 5.82. The van der Waals surface area contributed by atoms with Gasteiger partial charge in [0, 0.05) is 0 Å². The van der Waals surface area contributed by atoms with Crippen LogP contribution >= 0.6 is 0 Å². The molecule has 2 N–H and O–H groups in total. The number of nitrogens with two attached hydrogens (primary N) is 1. The predicted octanol–water partition coefficient (Wildman–Crippen LogP) is 1.16. The zero-order chi connectivity index (χ0) is 11.4. The Kier molecular flexibility index (Phi) is 3.41. The average molecular weight is 221 g/mol. The molecule has 0 aromatic heterocycles. The fraction of sp³-hybridized carbons (Fsp3) is 0.417. The summed E-state index contributed by atoms with van der Waals surface area (Å²) in [6, 6.07) is 3.68. The van der Waals surface area contributed by atoms with E-state index in [-0.39, 0.29) is 0 Å². The van der Waals surface area contributed by atoms with Gasteiger partial charge in [-0.25, -0.2) is 0 Å². The minimum atomic E-state index is 0.494. The van der Waals surface area contributed by atoms with Crippen molar-refractivity contribution in [1.82, 2.24) is 0 Å². The Hall–Kier alpha value is -1.55. The van der Waals surface area contributed by atoms with Crippen LogP contribution in [0.2, 0.25) is 0 Å². The summed E-state index contributed by atoms with van der Waals surface area (Å²) >= 11 is 0. The molecule has 16 heavy (non-hydrogen) atoms. The van der Waals surface area contributed by atoms with Gasteiger partial charge in [0.05, 0.1) is 5.56 Å². The number of aldehydes is 1. The molecule has 0 fully saturated rings. The van der Waals surface area contributed by atoms with Crippen LogP contribution in [0.5, 0.6) is 11.5 Å². The standard InChI is InChI=1S/C12H15NO3/c13-5-1-2-9-3-4-10(8-14)12-11(9)15-6-7-16-12/h3-4,8H,1-2,5-7,13H2. The first-order valence-corrected chi connectivity index (χ1v) is 5.43. The molecule has 86 valence electrons. The minimum Gasteiger partial charge on any atom is -0.486 e. The van der Waals surface area contributed by atoms with Crippen molar-refractivity contribution in [2.75, 3.05) is 19.8 Å². The second kappa shape index (κ2) is 4.99. The van der Waals surface area contributed by atoms with Crippen molar-refractivity contribution in [2.45, 2.75) is 12.8 Å². The molecule has 1 aliphatic rings. The van der Waals surface area contributed by atoms with E-state index in [9.17, 15) is 4.79 Å². The van der Waals surface area contributed by atoms with E-state index in [1.54, 1.807) is 6.07 Å². The summed E-state index contributed by atoms with van der Waals surface area (Å²) in [4.78, 5) is 10.8. The van der Waals surface area contributed by atoms with E-state index in [0.717, 1.165) is 24.7 Å². The molecule has 0 atom stereocenters. The van der Waals surface area contributed by atoms with Gasteiger partial charge in [-0.2, -0.15) is 0 Å². The second-order valence-corrected chi connectivity index (χ2v) is 3.68. The highest BCUT2D eigenvalue weighted by atomic mass is 16.6. The Balaban J connectivity index is 2.36. The molecule has 0 spiro atoms. The molecule has 0 radical (unpaired) electrons. The molecule has 4 heteroatoms. The zero-order valence-corrected chi connectivity index (χ0v) is 9.07. The molecule has 0 saturated heterocycles. The number of rotatable bonds is 4. The number of aryl methyl sites for hydroxylation is 1. The summed E-state index contributed by atoms with van der Waals surface area (Å²) in [5.41, 5.74) is 7.09. The van der Waals surface area contributed by atoms with Crippen LogP contribution < -0.4 is 15.2 Å². The third-order valence-corrected chi connectivity index (χ3v) is 2.58. The fourth-order valence-corrected chi connectivity index (χ4v) is 1.80. The molecule has 1 aromatic rings. The van der Waals surface area contributed by atoms with Crippen molar-refractivity contribution in [3.8, 4) is 11.5 Å². The van der Waals surface area contributed by atoms with Gasteiger partial charge in [0.1, 0.15) is 13.2 Å². The van der Waals surface area contributed by atoms with Crippen LogP contribution in [0, 0.1) is 0 Å². The molecule has 1 heterocycles. The molecule has 1 aromatic carbocycles. The smallest absolute Gasteiger partial charge is 0.172 e. The van der Waals surface area contributed by atoms with Gasteiger partial charge in [-0.1, -0.05) is 6.07 Å². The van der Waals surface area contributed by atoms with E-state index < -0.39 is 0 Å². The summed E-state index contributed by atoms with van der Waals surface area (Å²) in [6.45, 7) is 1.67. The van der Waals surface area contributed by atoms with Crippen molar-refractivity contribution in [1.29, 1.82) is 0 Å². The van der Waals surface area contributed by atoms with Gasteiger partial charge >= 0.3 is 0 Å². The monoisotopic (exact) mass is 221 g/mol. The van der Waals surface area contributed by atoms with Crippen LogP contribution in [-0.2, 0) is 6.42 Å². The molecule has 4 nitrogen and oxygen atoms in total. The van der Waals surface area contributed by atoms with E-state index in [1.807, 2.05) is 6.07 Å². The number of carbonyl (C=O) groups excluding carboxylic acids is 1. The minimum absolute atomic E-state index is 0.494. The first kappa shape index (κ1) is 11.0. The van der Waals surface area contributed by atoms with Crippen molar-refractivity contribution in [3.63, 3.8) is 0 Å². The lowest BCUT2D eigenvalue weighted by Gasteiger charge is -2.22. The lowest BCUT2D eigenvalue weighted by atomic mass is 10.0. The van der Waals surface area contributed by atoms with Crippen molar-refractivity contribution in [3.05, 3.63) is 23.3 Å². The summed E-state index contributed by atoms with van der Waals surface area (Å²) in [7, 11) is 0. The van der Waals surface area contributed by atoms with Crippen molar-refractivity contribution >= 4 is 6.29 Å². The first-order valence-electron chi connectivity index (χ1n) is 5.43.